The van der Waals surface area contributed by atoms with Gasteiger partial charge in [-0.15, -0.1) is 0 Å². The second-order valence-electron chi connectivity index (χ2n) is 3.65. The van der Waals surface area contributed by atoms with Crippen molar-refractivity contribution in [3.8, 4) is 0 Å². The fourth-order valence-electron chi connectivity index (χ4n) is 1.45. The molecule has 0 radical (unpaired) electrons. The number of pyridine rings is 1. The maximum Gasteiger partial charge on any atom is 0.343 e. The molecule has 0 aromatic carbocycles. The summed E-state index contributed by atoms with van der Waals surface area (Å²) in [4.78, 5) is 23.4. The largest absolute Gasteiger partial charge is 0.465 e. The summed E-state index contributed by atoms with van der Waals surface area (Å²) in [5, 5.41) is 3.01. The normalized spacial score (nSPS) is 9.89. The first kappa shape index (κ1) is 12.0. The Morgan fingerprint density at radius 1 is 1.28 bits per heavy atom. The highest BCUT2D eigenvalue weighted by molar-refractivity contribution is 5.94. The van der Waals surface area contributed by atoms with Crippen LogP contribution in [0.1, 0.15) is 15.9 Å². The summed E-state index contributed by atoms with van der Waals surface area (Å²) in [5.41, 5.74) is 2.04. The van der Waals surface area contributed by atoms with Gasteiger partial charge in [0.15, 0.2) is 0 Å². The predicted octanol–water partition coefficient (Wildman–Crippen LogP) is 1.71. The highest BCUT2D eigenvalue weighted by Crippen LogP contribution is 2.18. The van der Waals surface area contributed by atoms with Crippen LogP contribution in [-0.2, 0) is 4.74 Å². The molecule has 1 N–H and O–H groups in total. The summed E-state index contributed by atoms with van der Waals surface area (Å²) in [6.45, 7) is 1.93. The zero-order chi connectivity index (χ0) is 13.0. The molecule has 6 heteroatoms. The van der Waals surface area contributed by atoms with Gasteiger partial charge in [-0.05, 0) is 18.6 Å². The Labute approximate surface area is 104 Å². The average Bonchev–Trinajstić information content (AvgIpc) is 2.38. The molecule has 0 saturated heterocycles. The molecule has 6 nitrogen and oxygen atoms in total. The first-order valence-corrected chi connectivity index (χ1v) is 5.27. The zero-order valence-electron chi connectivity index (χ0n) is 10.0. The number of aromatic nitrogens is 3. The molecule has 92 valence electrons. The third-order valence-corrected chi connectivity index (χ3v) is 2.26. The van der Waals surface area contributed by atoms with Crippen molar-refractivity contribution in [1.82, 2.24) is 15.0 Å². The van der Waals surface area contributed by atoms with Crippen molar-refractivity contribution in [3.05, 3.63) is 42.1 Å². The number of rotatable bonds is 3. The molecule has 2 aromatic rings. The number of esters is 1. The highest BCUT2D eigenvalue weighted by atomic mass is 16.5. The Morgan fingerprint density at radius 2 is 2.11 bits per heavy atom. The quantitative estimate of drug-likeness (QED) is 0.828. The molecular weight excluding hydrogens is 232 g/mol. The number of methoxy groups -OCH3 is 1. The number of carbonyl (C=O) groups is 1. The van der Waals surface area contributed by atoms with Gasteiger partial charge >= 0.3 is 5.97 Å². The predicted molar refractivity (Wildman–Crippen MR) is 65.6 cm³/mol. The van der Waals surface area contributed by atoms with Crippen LogP contribution in [0.15, 0.2) is 31.0 Å². The number of nitrogens with one attached hydrogen (secondary N) is 1. The summed E-state index contributed by atoms with van der Waals surface area (Å²) in [6, 6.07) is 1.90. The Kier molecular flexibility index (Phi) is 3.47. The van der Waals surface area contributed by atoms with Crippen molar-refractivity contribution in [2.24, 2.45) is 0 Å². The van der Waals surface area contributed by atoms with E-state index >= 15 is 0 Å². The lowest BCUT2D eigenvalue weighted by atomic mass is 10.2. The maximum atomic E-state index is 11.5. The van der Waals surface area contributed by atoms with E-state index in [0.717, 1.165) is 11.3 Å². The van der Waals surface area contributed by atoms with E-state index in [1.807, 2.05) is 13.0 Å². The van der Waals surface area contributed by atoms with E-state index in [4.69, 9.17) is 0 Å². The van der Waals surface area contributed by atoms with Crippen LogP contribution in [0.4, 0.5) is 11.5 Å². The molecule has 2 aromatic heterocycles. The van der Waals surface area contributed by atoms with Crippen LogP contribution >= 0.6 is 0 Å². The van der Waals surface area contributed by atoms with Gasteiger partial charge in [0.2, 0.25) is 0 Å². The van der Waals surface area contributed by atoms with E-state index < -0.39 is 5.97 Å². The number of aryl methyl sites for hydroxylation is 1. The summed E-state index contributed by atoms with van der Waals surface area (Å²) in [6.07, 6.45) is 6.16. The van der Waals surface area contributed by atoms with Crippen molar-refractivity contribution in [2.75, 3.05) is 12.4 Å². The highest BCUT2D eigenvalue weighted by Gasteiger charge is 2.13. The van der Waals surface area contributed by atoms with Crippen LogP contribution in [0, 0.1) is 6.92 Å². The number of hydrogen-bond acceptors (Lipinski definition) is 6. The van der Waals surface area contributed by atoms with E-state index in [1.54, 1.807) is 12.4 Å². The molecule has 0 bridgehead atoms. The van der Waals surface area contributed by atoms with Crippen molar-refractivity contribution in [1.29, 1.82) is 0 Å². The molecule has 2 rings (SSSR count). The van der Waals surface area contributed by atoms with Gasteiger partial charge in [0.25, 0.3) is 0 Å². The van der Waals surface area contributed by atoms with Crippen molar-refractivity contribution in [2.45, 2.75) is 6.92 Å². The molecule has 0 saturated carbocycles. The number of carbonyl (C=O) groups excluding carboxylic acids is 1. The fourth-order valence-corrected chi connectivity index (χ4v) is 1.45. The molecule has 0 amide bonds. The third kappa shape index (κ3) is 2.60. The molecule has 0 spiro atoms. The smallest absolute Gasteiger partial charge is 0.343 e. The summed E-state index contributed by atoms with van der Waals surface area (Å²) in [5.74, 6) is -0.0945. The lowest BCUT2D eigenvalue weighted by Gasteiger charge is -2.08. The van der Waals surface area contributed by atoms with Crippen LogP contribution < -0.4 is 5.32 Å². The second kappa shape index (κ2) is 5.22. The number of nitrogens with zero attached hydrogens (tertiary/aromatic N) is 3. The molecule has 0 atom stereocenters. The Bertz CT molecular complexity index is 572. The fraction of sp³-hybridized carbons (Fsp3) is 0.167. The van der Waals surface area contributed by atoms with Gasteiger partial charge in [-0.2, -0.15) is 0 Å². The van der Waals surface area contributed by atoms with E-state index in [-0.39, 0.29) is 5.56 Å². The number of anilines is 2. The first-order valence-electron chi connectivity index (χ1n) is 5.27. The van der Waals surface area contributed by atoms with Gasteiger partial charge in [0, 0.05) is 12.4 Å². The standard InChI is InChI=1S/C12H12N4O2/c1-8-3-9(5-13-4-8)16-11-10(12(17)18-2)6-14-7-15-11/h3-7H,1-2H3,(H,14,15,16). The molecule has 0 aliphatic rings. The molecule has 2 heterocycles. The minimum absolute atomic E-state index is 0.279. The van der Waals surface area contributed by atoms with Crippen LogP contribution in [0.25, 0.3) is 0 Å². The van der Waals surface area contributed by atoms with Crippen LogP contribution in [-0.4, -0.2) is 28.0 Å². The topological polar surface area (TPSA) is 77.0 Å². The van der Waals surface area contributed by atoms with Gasteiger partial charge in [-0.3, -0.25) is 4.98 Å². The Morgan fingerprint density at radius 3 is 2.83 bits per heavy atom. The van der Waals surface area contributed by atoms with Crippen molar-refractivity contribution in [3.63, 3.8) is 0 Å². The van der Waals surface area contributed by atoms with Gasteiger partial charge in [-0.25, -0.2) is 14.8 Å². The zero-order valence-corrected chi connectivity index (χ0v) is 10.0. The van der Waals surface area contributed by atoms with Crippen LogP contribution in [0.3, 0.4) is 0 Å². The lowest BCUT2D eigenvalue weighted by molar-refractivity contribution is 0.0601. The monoisotopic (exact) mass is 244 g/mol. The molecule has 0 fully saturated rings. The van der Waals surface area contributed by atoms with Crippen LogP contribution in [0.2, 0.25) is 0 Å². The van der Waals surface area contributed by atoms with E-state index in [2.05, 4.69) is 25.0 Å². The Hall–Kier alpha value is -2.50. The van der Waals surface area contributed by atoms with Gasteiger partial charge < -0.3 is 10.1 Å². The summed E-state index contributed by atoms with van der Waals surface area (Å²) in [7, 11) is 1.31. The van der Waals surface area contributed by atoms with E-state index in [1.165, 1.54) is 19.6 Å². The number of ether oxygens (including phenoxy) is 1. The molecule has 0 unspecified atom stereocenters. The first-order chi connectivity index (χ1) is 8.70. The van der Waals surface area contributed by atoms with Gasteiger partial charge in [0.05, 0.1) is 19.0 Å². The maximum absolute atomic E-state index is 11.5. The molecule has 0 aliphatic heterocycles. The second-order valence-corrected chi connectivity index (χ2v) is 3.65. The van der Waals surface area contributed by atoms with Gasteiger partial charge in [-0.1, -0.05) is 0 Å². The lowest BCUT2D eigenvalue weighted by Crippen LogP contribution is -2.08. The SMILES string of the molecule is COC(=O)c1cncnc1Nc1cncc(C)c1. The van der Waals surface area contributed by atoms with Crippen molar-refractivity contribution < 1.29 is 9.53 Å². The summed E-state index contributed by atoms with van der Waals surface area (Å²) >= 11 is 0. The third-order valence-electron chi connectivity index (χ3n) is 2.26. The molecule has 0 aliphatic carbocycles. The minimum Gasteiger partial charge on any atom is -0.465 e. The Balaban J connectivity index is 2.32. The number of hydrogen-bond donors (Lipinski definition) is 1. The van der Waals surface area contributed by atoms with Gasteiger partial charge in [0.1, 0.15) is 17.7 Å². The van der Waals surface area contributed by atoms with Crippen LogP contribution in [0.5, 0.6) is 0 Å². The molecule has 18 heavy (non-hydrogen) atoms. The average molecular weight is 244 g/mol. The van der Waals surface area contributed by atoms with Crippen molar-refractivity contribution >= 4 is 17.5 Å². The van der Waals surface area contributed by atoms with E-state index in [9.17, 15) is 4.79 Å². The minimum atomic E-state index is -0.487. The van der Waals surface area contributed by atoms with E-state index in [0.29, 0.717) is 5.82 Å². The summed E-state index contributed by atoms with van der Waals surface area (Å²) < 4.78 is 4.66. The molecular formula is C12H12N4O2.